The molecule has 0 spiro atoms. The number of nitrogens with zero attached hydrogens (tertiary/aromatic N) is 1. The quantitative estimate of drug-likeness (QED) is 0.155. The van der Waals surface area contributed by atoms with Crippen LogP contribution in [0.1, 0.15) is 6.42 Å². The van der Waals surface area contributed by atoms with Gasteiger partial charge in [0.15, 0.2) is 0 Å². The maximum atomic E-state index is 10.3. The fourth-order valence-electron chi connectivity index (χ4n) is 1.55. The highest BCUT2D eigenvalue weighted by atomic mass is 16.8. The summed E-state index contributed by atoms with van der Waals surface area (Å²) in [6, 6.07) is 0. The lowest BCUT2D eigenvalue weighted by molar-refractivity contribution is -1.22. The van der Waals surface area contributed by atoms with E-state index in [1.165, 1.54) is 0 Å². The van der Waals surface area contributed by atoms with Crippen molar-refractivity contribution in [3.63, 3.8) is 0 Å². The van der Waals surface area contributed by atoms with Crippen LogP contribution in [-0.2, 0) is 4.79 Å². The van der Waals surface area contributed by atoms with Crippen molar-refractivity contribution in [2.75, 3.05) is 6.54 Å². The third-order valence-corrected chi connectivity index (χ3v) is 2.43. The van der Waals surface area contributed by atoms with Gasteiger partial charge >= 0.3 is 24.3 Å². The molecule has 13 heteroatoms. The van der Waals surface area contributed by atoms with E-state index in [4.69, 9.17) is 51.1 Å². The molecule has 0 aliphatic carbocycles. The van der Waals surface area contributed by atoms with E-state index >= 15 is 0 Å². The van der Waals surface area contributed by atoms with Crippen molar-refractivity contribution in [2.24, 2.45) is 0 Å². The number of carbonyl (C=O) groups is 1. The van der Waals surface area contributed by atoms with Crippen molar-refractivity contribution in [1.82, 2.24) is 0 Å². The number of aliphatic hydroxyl groups excluding tert-OH is 1. The number of hydrogen-bond donors (Lipinski definition) is 11. The van der Waals surface area contributed by atoms with Gasteiger partial charge in [-0.1, -0.05) is 4.48 Å². The first-order valence-corrected chi connectivity index (χ1v) is 4.86. The van der Waals surface area contributed by atoms with Crippen molar-refractivity contribution in [3.05, 3.63) is 0 Å². The molecule has 0 amide bonds. The van der Waals surface area contributed by atoms with Gasteiger partial charge in [0.25, 0.3) is 0 Å². The Hall–Kier alpha value is -0.970. The number of carboxylic acid groups (broad SMARTS) is 1. The Labute approximate surface area is 110 Å². The standard InChI is InChI=1S/C7H15NO12/c9-3(1-4(10)11)2-8(5(12,13)14,6(15,16)17)7(18,19)20/h3,9,12-20H,1-2H2/p+1. The average molecular weight is 306 g/mol. The zero-order valence-corrected chi connectivity index (χ0v) is 9.77. The Balaban J connectivity index is 5.86. The summed E-state index contributed by atoms with van der Waals surface area (Å²) in [5.41, 5.74) is 0. The summed E-state index contributed by atoms with van der Waals surface area (Å²) in [5, 5.41) is 98.1. The maximum absolute atomic E-state index is 10.3. The molecule has 0 rings (SSSR count). The summed E-state index contributed by atoms with van der Waals surface area (Å²) >= 11 is 0. The van der Waals surface area contributed by atoms with Crippen LogP contribution < -0.4 is 0 Å². The molecule has 0 aliphatic heterocycles. The minimum Gasteiger partial charge on any atom is -0.481 e. The number of aliphatic hydroxyl groups is 10. The van der Waals surface area contributed by atoms with Crippen LogP contribution in [0.15, 0.2) is 0 Å². The van der Waals surface area contributed by atoms with E-state index in [2.05, 4.69) is 0 Å². The largest absolute Gasteiger partial charge is 0.481 e. The number of quaternary nitrogens is 1. The maximum Gasteiger partial charge on any atom is 0.455 e. The van der Waals surface area contributed by atoms with E-state index in [9.17, 15) is 9.90 Å². The number of aliphatic carboxylic acids is 1. The van der Waals surface area contributed by atoms with Gasteiger partial charge in [-0.3, -0.25) is 50.8 Å². The smallest absolute Gasteiger partial charge is 0.455 e. The molecule has 120 valence electrons. The van der Waals surface area contributed by atoms with Gasteiger partial charge in [0.2, 0.25) is 0 Å². The van der Waals surface area contributed by atoms with Crippen LogP contribution in [0, 0.1) is 0 Å². The van der Waals surface area contributed by atoms with Gasteiger partial charge in [-0.25, -0.2) is 0 Å². The highest BCUT2D eigenvalue weighted by molar-refractivity contribution is 5.67. The normalized spacial score (nSPS) is 16.1. The van der Waals surface area contributed by atoms with Crippen LogP contribution in [0.2, 0.25) is 0 Å². The van der Waals surface area contributed by atoms with Crippen LogP contribution >= 0.6 is 0 Å². The zero-order chi connectivity index (χ0) is 16.6. The highest BCUT2D eigenvalue weighted by Gasteiger charge is 2.74. The van der Waals surface area contributed by atoms with Gasteiger partial charge in [0, 0.05) is 0 Å². The fraction of sp³-hybridized carbons (Fsp3) is 0.857. The van der Waals surface area contributed by atoms with Crippen molar-refractivity contribution < 1.29 is 65.4 Å². The zero-order valence-electron chi connectivity index (χ0n) is 9.77. The molecule has 0 saturated heterocycles. The molecule has 0 saturated carbocycles. The molecule has 20 heavy (non-hydrogen) atoms. The van der Waals surface area contributed by atoms with Crippen LogP contribution in [0.25, 0.3) is 0 Å². The first-order chi connectivity index (χ1) is 8.56. The van der Waals surface area contributed by atoms with E-state index in [1.54, 1.807) is 0 Å². The molecule has 13 nitrogen and oxygen atoms in total. The molecule has 11 N–H and O–H groups in total. The topological polar surface area (TPSA) is 240 Å². The molecule has 1 unspecified atom stereocenters. The summed E-state index contributed by atoms with van der Waals surface area (Å²) in [5.74, 6) is -1.69. The molecular formula is C7H16NO12+. The molecule has 0 radical (unpaired) electrons. The Morgan fingerprint density at radius 2 is 1.15 bits per heavy atom. The van der Waals surface area contributed by atoms with Crippen LogP contribution in [0.4, 0.5) is 0 Å². The van der Waals surface area contributed by atoms with Gasteiger partial charge in [0.1, 0.15) is 12.6 Å². The second kappa shape index (κ2) is 5.43. The van der Waals surface area contributed by atoms with Crippen LogP contribution in [-0.4, -0.2) is 97.6 Å². The second-order valence-corrected chi connectivity index (χ2v) is 4.04. The monoisotopic (exact) mass is 306 g/mol. The van der Waals surface area contributed by atoms with Crippen molar-refractivity contribution in [1.29, 1.82) is 0 Å². The minimum absolute atomic E-state index is 1.21. The molecule has 0 bridgehead atoms. The summed E-state index contributed by atoms with van der Waals surface area (Å²) in [6.07, 6.45) is -17.3. The summed E-state index contributed by atoms with van der Waals surface area (Å²) in [6.45, 7) is -1.82. The van der Waals surface area contributed by atoms with Gasteiger partial charge in [-0.05, 0) is 0 Å². The van der Waals surface area contributed by atoms with Gasteiger partial charge < -0.3 is 10.2 Å². The summed E-state index contributed by atoms with van der Waals surface area (Å²) in [7, 11) is 0. The summed E-state index contributed by atoms with van der Waals surface area (Å²) in [4.78, 5) is 10.3. The van der Waals surface area contributed by atoms with Crippen molar-refractivity contribution in [2.45, 2.75) is 30.8 Å². The Morgan fingerprint density at radius 1 is 0.850 bits per heavy atom. The fourth-order valence-corrected chi connectivity index (χ4v) is 1.55. The number of carboxylic acids is 1. The highest BCUT2D eigenvalue weighted by Crippen LogP contribution is 2.34. The number of rotatable bonds is 7. The van der Waals surface area contributed by atoms with E-state index in [-0.39, 0.29) is 0 Å². The average Bonchev–Trinajstić information content (AvgIpc) is 2.06. The lowest BCUT2D eigenvalue weighted by Gasteiger charge is -2.49. The third-order valence-electron chi connectivity index (χ3n) is 2.43. The molecule has 0 aromatic rings. The van der Waals surface area contributed by atoms with Crippen molar-refractivity contribution in [3.8, 4) is 0 Å². The molecule has 0 heterocycles. The number of hydrogen-bond acceptors (Lipinski definition) is 11. The predicted octanol–water partition coefficient (Wildman–Crippen LogP) is -6.60. The van der Waals surface area contributed by atoms with E-state index in [0.717, 1.165) is 0 Å². The first-order valence-electron chi connectivity index (χ1n) is 4.86. The predicted molar refractivity (Wildman–Crippen MR) is 51.5 cm³/mol. The lowest BCUT2D eigenvalue weighted by atomic mass is 10.2. The van der Waals surface area contributed by atoms with Crippen molar-refractivity contribution >= 4 is 5.97 Å². The molecular weight excluding hydrogens is 290 g/mol. The SMILES string of the molecule is O=C(O)CC(O)C[N+](C(O)(O)O)(C(O)(O)O)C(O)(O)O. The Morgan fingerprint density at radius 3 is 1.35 bits per heavy atom. The molecule has 0 aromatic heterocycles. The second-order valence-electron chi connectivity index (χ2n) is 4.04. The van der Waals surface area contributed by atoms with E-state index < -0.39 is 47.8 Å². The van der Waals surface area contributed by atoms with Gasteiger partial charge in [-0.15, -0.1) is 0 Å². The van der Waals surface area contributed by atoms with Crippen LogP contribution in [0.3, 0.4) is 0 Å². The molecule has 1 atom stereocenters. The van der Waals surface area contributed by atoms with E-state index in [1.807, 2.05) is 0 Å². The summed E-state index contributed by atoms with van der Waals surface area (Å²) < 4.78 is -3.36. The van der Waals surface area contributed by atoms with E-state index in [0.29, 0.717) is 0 Å². The third kappa shape index (κ3) is 3.57. The van der Waals surface area contributed by atoms with Gasteiger partial charge in [-0.2, -0.15) is 0 Å². The van der Waals surface area contributed by atoms with Gasteiger partial charge in [0.05, 0.1) is 6.42 Å². The Kier molecular flexibility index (Phi) is 5.17. The lowest BCUT2D eigenvalue weighted by Crippen LogP contribution is -2.85. The molecule has 0 aromatic carbocycles. The first kappa shape index (κ1) is 19.0. The molecule has 0 aliphatic rings. The molecule has 0 fully saturated rings. The van der Waals surface area contributed by atoms with Crippen LogP contribution in [0.5, 0.6) is 0 Å². The Bertz CT molecular complexity index is 312. The minimum atomic E-state index is -4.62.